The number of aliphatic hydroxyl groups excluding tert-OH is 2. The lowest BCUT2D eigenvalue weighted by Crippen LogP contribution is -2.46. The van der Waals surface area contributed by atoms with Gasteiger partial charge in [-0.05, 0) is 77.0 Å². The monoisotopic (exact) mass is 828 g/mol. The molecule has 3 atom stereocenters. The molecule has 344 valence electrons. The topological polar surface area (TPSA) is 95.9 Å². The first-order chi connectivity index (χ1) is 29.0. The molecule has 0 rings (SSSR count). The fourth-order valence-corrected chi connectivity index (χ4v) is 7.54. The van der Waals surface area contributed by atoms with E-state index in [-0.39, 0.29) is 24.9 Å². The van der Waals surface area contributed by atoms with Crippen molar-refractivity contribution in [2.24, 2.45) is 0 Å². The number of unbranched alkanes of at least 4 members (excludes halogenated alkanes) is 25. The Balaban J connectivity index is 4.58. The zero-order chi connectivity index (χ0) is 43.1. The Labute approximate surface area is 366 Å². The number of rotatable bonds is 45. The number of amides is 1. The predicted octanol–water partition coefficient (Wildman–Crippen LogP) is 15.1. The quantitative estimate of drug-likeness (QED) is 0.0323. The fourth-order valence-electron chi connectivity index (χ4n) is 7.54. The average Bonchev–Trinajstić information content (AvgIpc) is 3.23. The van der Waals surface area contributed by atoms with Gasteiger partial charge in [0.05, 0.1) is 25.2 Å². The molecular weight excluding hydrogens is 731 g/mol. The van der Waals surface area contributed by atoms with Crippen molar-refractivity contribution in [1.82, 2.24) is 5.32 Å². The highest BCUT2D eigenvalue weighted by molar-refractivity contribution is 5.77. The van der Waals surface area contributed by atoms with E-state index in [1.54, 1.807) is 0 Å². The summed E-state index contributed by atoms with van der Waals surface area (Å²) < 4.78 is 5.91. The van der Waals surface area contributed by atoms with Crippen molar-refractivity contribution in [3.63, 3.8) is 0 Å². The van der Waals surface area contributed by atoms with E-state index in [9.17, 15) is 19.8 Å². The summed E-state index contributed by atoms with van der Waals surface area (Å²) in [5.74, 6) is -0.504. The van der Waals surface area contributed by atoms with Gasteiger partial charge in [-0.1, -0.05) is 211 Å². The van der Waals surface area contributed by atoms with E-state index in [1.165, 1.54) is 109 Å². The third-order valence-electron chi connectivity index (χ3n) is 11.4. The molecule has 0 saturated heterocycles. The third-order valence-corrected chi connectivity index (χ3v) is 11.4. The van der Waals surface area contributed by atoms with Gasteiger partial charge in [-0.15, -0.1) is 0 Å². The zero-order valence-corrected chi connectivity index (χ0v) is 39.1. The molecule has 3 N–H and O–H groups in total. The van der Waals surface area contributed by atoms with Crippen molar-refractivity contribution in [2.45, 2.75) is 270 Å². The smallest absolute Gasteiger partial charge is 0.306 e. The van der Waals surface area contributed by atoms with E-state index in [2.05, 4.69) is 74.7 Å². The van der Waals surface area contributed by atoms with Crippen LogP contribution in [0.3, 0.4) is 0 Å². The Morgan fingerprint density at radius 3 is 1.46 bits per heavy atom. The second kappa shape index (κ2) is 46.9. The summed E-state index contributed by atoms with van der Waals surface area (Å²) >= 11 is 0. The normalized spacial score (nSPS) is 13.6. The van der Waals surface area contributed by atoms with Crippen LogP contribution in [0.25, 0.3) is 0 Å². The number of esters is 1. The van der Waals surface area contributed by atoms with Gasteiger partial charge >= 0.3 is 5.97 Å². The lowest BCUT2D eigenvalue weighted by atomic mass is 10.0. The van der Waals surface area contributed by atoms with Crippen LogP contribution in [0.4, 0.5) is 0 Å². The molecule has 0 aliphatic rings. The Morgan fingerprint density at radius 2 is 0.932 bits per heavy atom. The van der Waals surface area contributed by atoms with Gasteiger partial charge in [0.1, 0.15) is 6.10 Å². The maximum atomic E-state index is 13.2. The van der Waals surface area contributed by atoms with E-state index in [4.69, 9.17) is 4.74 Å². The maximum Gasteiger partial charge on any atom is 0.306 e. The molecule has 3 unspecified atom stereocenters. The summed E-state index contributed by atoms with van der Waals surface area (Å²) in [6.45, 7) is 6.33. The standard InChI is InChI=1S/C53H97NO5/c1-4-7-10-13-16-19-22-24-26-28-31-33-36-39-42-45-51(56)50(48-55)54-52(57)47-49(44-41-38-35-32-30-27-25-23-20-17-14-11-8-5-2)59-53(58)46-43-40-37-34-29-21-18-15-12-9-6-3/h8,11,15,17-18,20,25,27,49-51,55-56H,4-7,9-10,12-14,16,19,21-24,26,28-48H2,1-3H3,(H,54,57)/b11-8+,18-15-,20-17+,27-25+. The van der Waals surface area contributed by atoms with Crippen LogP contribution in [0.1, 0.15) is 252 Å². The van der Waals surface area contributed by atoms with Crippen LogP contribution in [0, 0.1) is 0 Å². The molecule has 6 heteroatoms. The first-order valence-corrected chi connectivity index (χ1v) is 25.4. The Bertz CT molecular complexity index is 1020. The SMILES string of the molecule is CC/C=C/C/C=C/C/C=C/CCCCCCC(CC(=O)NC(CO)C(O)CCCCCCCCCCCCCCCCC)OC(=O)CCCCCCC/C=C\CCCC. The molecule has 0 spiro atoms. The molecule has 0 aromatic heterocycles. The average molecular weight is 828 g/mol. The van der Waals surface area contributed by atoms with Crippen LogP contribution in [0.2, 0.25) is 0 Å². The summed E-state index contributed by atoms with van der Waals surface area (Å²) in [7, 11) is 0. The third kappa shape index (κ3) is 42.3. The summed E-state index contributed by atoms with van der Waals surface area (Å²) in [6.07, 6.45) is 56.0. The molecule has 0 heterocycles. The molecule has 0 aliphatic carbocycles. The molecule has 59 heavy (non-hydrogen) atoms. The minimum atomic E-state index is -0.794. The van der Waals surface area contributed by atoms with Gasteiger partial charge in [0.15, 0.2) is 0 Å². The van der Waals surface area contributed by atoms with E-state index in [0.29, 0.717) is 19.3 Å². The second-order valence-corrected chi connectivity index (χ2v) is 17.2. The van der Waals surface area contributed by atoms with Gasteiger partial charge in [-0.3, -0.25) is 9.59 Å². The number of aliphatic hydroxyl groups is 2. The Morgan fingerprint density at radius 1 is 0.508 bits per heavy atom. The molecule has 0 radical (unpaired) electrons. The summed E-state index contributed by atoms with van der Waals surface area (Å²) in [5.41, 5.74) is 0. The van der Waals surface area contributed by atoms with E-state index in [0.717, 1.165) is 96.3 Å². The van der Waals surface area contributed by atoms with E-state index >= 15 is 0 Å². The highest BCUT2D eigenvalue weighted by Crippen LogP contribution is 2.18. The molecule has 0 aromatic carbocycles. The number of nitrogens with one attached hydrogen (secondary N) is 1. The van der Waals surface area contributed by atoms with Crippen molar-refractivity contribution in [3.8, 4) is 0 Å². The Hall–Kier alpha value is -2.18. The fraction of sp³-hybridized carbons (Fsp3) is 0.811. The highest BCUT2D eigenvalue weighted by Gasteiger charge is 2.24. The van der Waals surface area contributed by atoms with E-state index < -0.39 is 18.2 Å². The Kier molecular flexibility index (Phi) is 45.1. The maximum absolute atomic E-state index is 13.2. The van der Waals surface area contributed by atoms with Gasteiger partial charge in [0.2, 0.25) is 5.91 Å². The summed E-state index contributed by atoms with van der Waals surface area (Å²) in [5, 5.41) is 23.8. The molecule has 0 aromatic rings. The van der Waals surface area contributed by atoms with Crippen molar-refractivity contribution in [3.05, 3.63) is 48.6 Å². The summed E-state index contributed by atoms with van der Waals surface area (Å²) in [4.78, 5) is 26.1. The van der Waals surface area contributed by atoms with Crippen LogP contribution < -0.4 is 5.32 Å². The minimum absolute atomic E-state index is 0.0597. The molecule has 6 nitrogen and oxygen atoms in total. The van der Waals surface area contributed by atoms with Crippen molar-refractivity contribution in [1.29, 1.82) is 0 Å². The van der Waals surface area contributed by atoms with Crippen LogP contribution in [-0.4, -0.2) is 46.9 Å². The predicted molar refractivity (Wildman–Crippen MR) is 255 cm³/mol. The lowest BCUT2D eigenvalue weighted by Gasteiger charge is -2.24. The number of hydrogen-bond acceptors (Lipinski definition) is 5. The van der Waals surface area contributed by atoms with Crippen molar-refractivity contribution in [2.75, 3.05) is 6.61 Å². The van der Waals surface area contributed by atoms with Gasteiger partial charge in [0, 0.05) is 6.42 Å². The minimum Gasteiger partial charge on any atom is -0.462 e. The number of hydrogen-bond donors (Lipinski definition) is 3. The molecule has 0 aliphatic heterocycles. The first kappa shape index (κ1) is 56.8. The van der Waals surface area contributed by atoms with Crippen LogP contribution in [-0.2, 0) is 14.3 Å². The number of ether oxygens (including phenoxy) is 1. The first-order valence-electron chi connectivity index (χ1n) is 25.4. The van der Waals surface area contributed by atoms with Gasteiger partial charge in [-0.2, -0.15) is 0 Å². The second-order valence-electron chi connectivity index (χ2n) is 17.2. The van der Waals surface area contributed by atoms with Crippen LogP contribution in [0.15, 0.2) is 48.6 Å². The lowest BCUT2D eigenvalue weighted by molar-refractivity contribution is -0.151. The molecule has 1 amide bonds. The van der Waals surface area contributed by atoms with Gasteiger partial charge in [-0.25, -0.2) is 0 Å². The molecule has 0 saturated carbocycles. The number of carbonyl (C=O) groups excluding carboxylic acids is 2. The largest absolute Gasteiger partial charge is 0.462 e. The zero-order valence-electron chi connectivity index (χ0n) is 39.1. The van der Waals surface area contributed by atoms with Crippen molar-refractivity contribution < 1.29 is 24.5 Å². The highest BCUT2D eigenvalue weighted by atomic mass is 16.5. The molecule has 0 fully saturated rings. The van der Waals surface area contributed by atoms with Gasteiger partial charge < -0.3 is 20.3 Å². The number of allylic oxidation sites excluding steroid dienone is 8. The van der Waals surface area contributed by atoms with Crippen molar-refractivity contribution >= 4 is 11.9 Å². The summed E-state index contributed by atoms with van der Waals surface area (Å²) in [6, 6.07) is -0.709. The van der Waals surface area contributed by atoms with Gasteiger partial charge in [0.25, 0.3) is 0 Å². The molecular formula is C53H97NO5. The molecule has 0 bridgehead atoms. The van der Waals surface area contributed by atoms with E-state index in [1.807, 2.05) is 0 Å². The van der Waals surface area contributed by atoms with Crippen LogP contribution in [0.5, 0.6) is 0 Å². The van der Waals surface area contributed by atoms with Crippen LogP contribution >= 0.6 is 0 Å². The number of carbonyl (C=O) groups is 2.